The van der Waals surface area contributed by atoms with Crippen molar-refractivity contribution in [2.24, 2.45) is 0 Å². The number of nitrogens with zero attached hydrogens (tertiary/aromatic N) is 4. The van der Waals surface area contributed by atoms with Crippen LogP contribution in [-0.4, -0.2) is 27.0 Å². The molecule has 3 aromatic rings. The monoisotopic (exact) mass is 369 g/mol. The van der Waals surface area contributed by atoms with Crippen LogP contribution < -0.4 is 10.1 Å². The van der Waals surface area contributed by atoms with Crippen LogP contribution in [0.3, 0.4) is 0 Å². The molecule has 0 aliphatic carbocycles. The summed E-state index contributed by atoms with van der Waals surface area (Å²) in [6.07, 6.45) is 8.46. The molecule has 0 aliphatic heterocycles. The number of rotatable bonds is 6. The number of hydrogen-bond donors (Lipinski definition) is 1. The van der Waals surface area contributed by atoms with E-state index in [9.17, 15) is 0 Å². The molecule has 0 saturated heterocycles. The molecule has 134 valence electrons. The highest BCUT2D eigenvalue weighted by molar-refractivity contribution is 6.30. The van der Waals surface area contributed by atoms with E-state index in [0.29, 0.717) is 17.4 Å². The zero-order valence-corrected chi connectivity index (χ0v) is 15.7. The third kappa shape index (κ3) is 4.15. The molecule has 0 bridgehead atoms. The average molecular weight is 370 g/mol. The minimum atomic E-state index is -0.345. The first-order valence-corrected chi connectivity index (χ1v) is 8.53. The van der Waals surface area contributed by atoms with E-state index in [-0.39, 0.29) is 5.54 Å². The van der Waals surface area contributed by atoms with Gasteiger partial charge in [-0.2, -0.15) is 0 Å². The number of ether oxygens (including phenoxy) is 1. The van der Waals surface area contributed by atoms with Crippen molar-refractivity contribution in [3.05, 3.63) is 65.5 Å². The molecular weight excluding hydrogens is 350 g/mol. The van der Waals surface area contributed by atoms with Gasteiger partial charge in [-0.25, -0.2) is 19.9 Å². The largest absolute Gasteiger partial charge is 0.496 e. The van der Waals surface area contributed by atoms with Crippen LogP contribution in [0.25, 0.3) is 11.4 Å². The molecule has 7 heteroatoms. The van der Waals surface area contributed by atoms with Crippen LogP contribution in [-0.2, 0) is 12.1 Å². The first-order chi connectivity index (χ1) is 12.5. The molecule has 0 aliphatic rings. The van der Waals surface area contributed by atoms with Crippen LogP contribution in [0.1, 0.15) is 25.0 Å². The number of hydrogen-bond acceptors (Lipinski definition) is 6. The maximum Gasteiger partial charge on any atom is 0.162 e. The molecule has 1 N–H and O–H groups in total. The van der Waals surface area contributed by atoms with Crippen molar-refractivity contribution in [3.63, 3.8) is 0 Å². The Hall–Kier alpha value is -2.57. The van der Waals surface area contributed by atoms with Crippen molar-refractivity contribution in [3.8, 4) is 17.1 Å². The number of halogens is 1. The summed E-state index contributed by atoms with van der Waals surface area (Å²) < 4.78 is 5.47. The Bertz CT molecular complexity index is 869. The van der Waals surface area contributed by atoms with E-state index in [4.69, 9.17) is 16.3 Å². The Labute approximate surface area is 157 Å². The van der Waals surface area contributed by atoms with Gasteiger partial charge in [-0.1, -0.05) is 11.6 Å². The third-order valence-electron chi connectivity index (χ3n) is 4.09. The van der Waals surface area contributed by atoms with Crippen molar-refractivity contribution in [1.29, 1.82) is 0 Å². The number of nitrogens with one attached hydrogen (secondary N) is 1. The number of aromatic nitrogens is 4. The molecule has 0 spiro atoms. The van der Waals surface area contributed by atoms with E-state index in [0.717, 1.165) is 22.4 Å². The van der Waals surface area contributed by atoms with Crippen molar-refractivity contribution >= 4 is 11.6 Å². The zero-order valence-electron chi connectivity index (χ0n) is 14.9. The summed E-state index contributed by atoms with van der Waals surface area (Å²) in [5.74, 6) is 1.40. The van der Waals surface area contributed by atoms with E-state index in [1.165, 1.54) is 6.33 Å². The first-order valence-electron chi connectivity index (χ1n) is 8.15. The molecule has 0 saturated carbocycles. The SMILES string of the molecule is COc1ccc(Cl)cc1C(C)(C)NCc1cnc(-c2cncnc2)nc1. The van der Waals surface area contributed by atoms with Crippen molar-refractivity contribution in [2.45, 2.75) is 25.9 Å². The Morgan fingerprint density at radius 3 is 2.42 bits per heavy atom. The highest BCUT2D eigenvalue weighted by Gasteiger charge is 2.24. The van der Waals surface area contributed by atoms with Gasteiger partial charge < -0.3 is 10.1 Å². The van der Waals surface area contributed by atoms with Crippen molar-refractivity contribution < 1.29 is 4.74 Å². The number of methoxy groups -OCH3 is 1. The predicted molar refractivity (Wildman–Crippen MR) is 101 cm³/mol. The van der Waals surface area contributed by atoms with Gasteiger partial charge in [0.25, 0.3) is 0 Å². The second kappa shape index (κ2) is 7.76. The lowest BCUT2D eigenvalue weighted by molar-refractivity contribution is 0.358. The topological polar surface area (TPSA) is 72.8 Å². The molecule has 6 nitrogen and oxygen atoms in total. The molecule has 2 aromatic heterocycles. The molecular formula is C19H20ClN5O. The lowest BCUT2D eigenvalue weighted by Crippen LogP contribution is -2.36. The van der Waals surface area contributed by atoms with E-state index in [1.54, 1.807) is 31.9 Å². The fraction of sp³-hybridized carbons (Fsp3) is 0.263. The zero-order chi connectivity index (χ0) is 18.6. The second-order valence-corrected chi connectivity index (χ2v) is 6.80. The van der Waals surface area contributed by atoms with E-state index < -0.39 is 0 Å². The van der Waals surface area contributed by atoms with Gasteiger partial charge in [0, 0.05) is 53.0 Å². The molecule has 3 rings (SSSR count). The summed E-state index contributed by atoms with van der Waals surface area (Å²) >= 11 is 6.16. The highest BCUT2D eigenvalue weighted by Crippen LogP contribution is 2.32. The molecule has 1 aromatic carbocycles. The second-order valence-electron chi connectivity index (χ2n) is 6.37. The van der Waals surface area contributed by atoms with Gasteiger partial charge in [0.05, 0.1) is 12.7 Å². The molecule has 0 radical (unpaired) electrons. The Morgan fingerprint density at radius 1 is 1.08 bits per heavy atom. The molecule has 26 heavy (non-hydrogen) atoms. The maximum absolute atomic E-state index is 6.16. The van der Waals surface area contributed by atoms with E-state index in [2.05, 4.69) is 39.1 Å². The summed E-state index contributed by atoms with van der Waals surface area (Å²) in [6, 6.07) is 5.61. The standard InChI is InChI=1S/C19H20ClN5O/c1-19(2,16-6-15(20)4-5-17(16)26-3)25-9-13-7-23-18(24-8-13)14-10-21-12-22-11-14/h4-8,10-12,25H,9H2,1-3H3. The normalized spacial score (nSPS) is 11.4. The Morgan fingerprint density at radius 2 is 1.77 bits per heavy atom. The molecule has 0 fully saturated rings. The Balaban J connectivity index is 1.73. The fourth-order valence-electron chi connectivity index (χ4n) is 2.60. The van der Waals surface area contributed by atoms with E-state index in [1.807, 2.05) is 18.2 Å². The Kier molecular flexibility index (Phi) is 5.44. The molecule has 0 atom stereocenters. The molecule has 2 heterocycles. The van der Waals surface area contributed by atoms with Crippen LogP contribution in [0, 0.1) is 0 Å². The van der Waals surface area contributed by atoms with Crippen LogP contribution in [0.15, 0.2) is 49.3 Å². The summed E-state index contributed by atoms with van der Waals surface area (Å²) in [6.45, 7) is 4.77. The van der Waals surface area contributed by atoms with Gasteiger partial charge in [-0.15, -0.1) is 0 Å². The minimum absolute atomic E-state index is 0.345. The summed E-state index contributed by atoms with van der Waals surface area (Å²) in [5, 5.41) is 4.18. The van der Waals surface area contributed by atoms with Gasteiger partial charge in [0.15, 0.2) is 5.82 Å². The quantitative estimate of drug-likeness (QED) is 0.715. The van der Waals surface area contributed by atoms with E-state index >= 15 is 0 Å². The summed E-state index contributed by atoms with van der Waals surface area (Å²) in [7, 11) is 1.66. The maximum atomic E-state index is 6.16. The van der Waals surface area contributed by atoms with Crippen LogP contribution in [0.5, 0.6) is 5.75 Å². The van der Waals surface area contributed by atoms with Crippen LogP contribution >= 0.6 is 11.6 Å². The van der Waals surface area contributed by atoms with Gasteiger partial charge in [0.1, 0.15) is 12.1 Å². The van der Waals surface area contributed by atoms with Gasteiger partial charge >= 0.3 is 0 Å². The lowest BCUT2D eigenvalue weighted by Gasteiger charge is -2.29. The fourth-order valence-corrected chi connectivity index (χ4v) is 2.77. The van der Waals surface area contributed by atoms with Crippen LogP contribution in [0.4, 0.5) is 0 Å². The highest BCUT2D eigenvalue weighted by atomic mass is 35.5. The third-order valence-corrected chi connectivity index (χ3v) is 4.33. The molecule has 0 amide bonds. The number of benzene rings is 1. The van der Waals surface area contributed by atoms with Crippen LogP contribution in [0.2, 0.25) is 5.02 Å². The summed E-state index contributed by atoms with van der Waals surface area (Å²) in [5.41, 5.74) is 2.41. The smallest absolute Gasteiger partial charge is 0.162 e. The predicted octanol–water partition coefficient (Wildman–Crippen LogP) is 3.62. The first kappa shape index (κ1) is 18.2. The molecule has 0 unspecified atom stereocenters. The minimum Gasteiger partial charge on any atom is -0.496 e. The van der Waals surface area contributed by atoms with Gasteiger partial charge in [0.2, 0.25) is 0 Å². The average Bonchev–Trinajstić information content (AvgIpc) is 2.67. The van der Waals surface area contributed by atoms with Crippen molar-refractivity contribution in [1.82, 2.24) is 25.3 Å². The van der Waals surface area contributed by atoms with Gasteiger partial charge in [-0.05, 0) is 32.0 Å². The lowest BCUT2D eigenvalue weighted by atomic mass is 9.93. The van der Waals surface area contributed by atoms with Gasteiger partial charge in [-0.3, -0.25) is 0 Å². The van der Waals surface area contributed by atoms with Crippen molar-refractivity contribution in [2.75, 3.05) is 7.11 Å². The summed E-state index contributed by atoms with van der Waals surface area (Å²) in [4.78, 5) is 16.8.